The molecular weight excluding hydrogens is 234 g/mol. The number of pyridine rings is 1. The van der Waals surface area contributed by atoms with Gasteiger partial charge in [-0.05, 0) is 59.1 Å². The molecule has 0 atom stereocenters. The van der Waals surface area contributed by atoms with Gasteiger partial charge in [0.05, 0.1) is 0 Å². The maximum Gasteiger partial charge on any atom is 0.129 e. The second kappa shape index (κ2) is 5.49. The van der Waals surface area contributed by atoms with E-state index in [2.05, 4.69) is 57.0 Å². The minimum Gasteiger partial charge on any atom is -0.354 e. The lowest BCUT2D eigenvalue weighted by molar-refractivity contribution is 0.423. The molecule has 0 unspecified atom stereocenters. The van der Waals surface area contributed by atoms with Gasteiger partial charge in [-0.1, -0.05) is 6.07 Å². The third-order valence-electron chi connectivity index (χ3n) is 3.61. The molecule has 1 aliphatic rings. The Balaban J connectivity index is 2.08. The van der Waals surface area contributed by atoms with Crippen molar-refractivity contribution in [3.63, 3.8) is 0 Å². The quantitative estimate of drug-likeness (QED) is 0.881. The zero-order valence-corrected chi connectivity index (χ0v) is 13.0. The van der Waals surface area contributed by atoms with Crippen LogP contribution in [-0.4, -0.2) is 23.1 Å². The zero-order chi connectivity index (χ0) is 14.0. The second-order valence-electron chi connectivity index (χ2n) is 6.53. The number of hydrogen-bond donors (Lipinski definition) is 1. The van der Waals surface area contributed by atoms with Gasteiger partial charge in [-0.2, -0.15) is 0 Å². The van der Waals surface area contributed by atoms with Gasteiger partial charge in [0.2, 0.25) is 0 Å². The summed E-state index contributed by atoms with van der Waals surface area (Å²) < 4.78 is 0. The number of rotatable bonds is 5. The largest absolute Gasteiger partial charge is 0.354 e. The van der Waals surface area contributed by atoms with Crippen LogP contribution in [0, 0.1) is 6.92 Å². The summed E-state index contributed by atoms with van der Waals surface area (Å²) in [5.74, 6) is 1.14. The molecule has 1 aromatic heterocycles. The maximum absolute atomic E-state index is 4.79. The molecule has 0 amide bonds. The molecule has 1 aromatic rings. The highest BCUT2D eigenvalue weighted by Gasteiger charge is 2.28. The molecule has 2 rings (SSSR count). The van der Waals surface area contributed by atoms with E-state index in [9.17, 15) is 0 Å². The van der Waals surface area contributed by atoms with Gasteiger partial charge < -0.3 is 10.2 Å². The summed E-state index contributed by atoms with van der Waals surface area (Å²) in [6, 6.07) is 5.13. The summed E-state index contributed by atoms with van der Waals surface area (Å²) in [5, 5.41) is 3.52. The molecule has 1 N–H and O–H groups in total. The molecule has 0 aliphatic heterocycles. The fourth-order valence-electron chi connectivity index (χ4n) is 2.28. The van der Waals surface area contributed by atoms with Crippen LogP contribution in [0.2, 0.25) is 0 Å². The molecule has 0 aromatic carbocycles. The average Bonchev–Trinajstić information content (AvgIpc) is 3.12. The second-order valence-corrected chi connectivity index (χ2v) is 6.53. The van der Waals surface area contributed by atoms with Crippen LogP contribution < -0.4 is 10.2 Å². The number of anilines is 1. The Bertz CT molecular complexity index is 430. The molecule has 3 heteroatoms. The van der Waals surface area contributed by atoms with E-state index in [0.29, 0.717) is 0 Å². The summed E-state index contributed by atoms with van der Waals surface area (Å²) in [4.78, 5) is 7.22. The third kappa shape index (κ3) is 3.93. The summed E-state index contributed by atoms with van der Waals surface area (Å²) in [7, 11) is 0. The predicted octanol–water partition coefficient (Wildman–Crippen LogP) is 3.27. The lowest BCUT2D eigenvalue weighted by Gasteiger charge is -2.24. The predicted molar refractivity (Wildman–Crippen MR) is 81.6 cm³/mol. The Kier molecular flexibility index (Phi) is 4.14. The van der Waals surface area contributed by atoms with Crippen LogP contribution in [0.3, 0.4) is 0 Å². The smallest absolute Gasteiger partial charge is 0.129 e. The number of hydrogen-bond acceptors (Lipinski definition) is 3. The van der Waals surface area contributed by atoms with E-state index in [1.54, 1.807) is 0 Å². The monoisotopic (exact) mass is 261 g/mol. The Morgan fingerprint density at radius 3 is 2.47 bits per heavy atom. The van der Waals surface area contributed by atoms with E-state index in [0.717, 1.165) is 30.6 Å². The van der Waals surface area contributed by atoms with Gasteiger partial charge in [0.1, 0.15) is 5.82 Å². The topological polar surface area (TPSA) is 28.2 Å². The van der Waals surface area contributed by atoms with E-state index in [-0.39, 0.29) is 5.54 Å². The van der Waals surface area contributed by atoms with Gasteiger partial charge in [-0.25, -0.2) is 4.98 Å². The van der Waals surface area contributed by atoms with Crippen molar-refractivity contribution in [2.24, 2.45) is 0 Å². The van der Waals surface area contributed by atoms with Crippen LogP contribution in [0.25, 0.3) is 0 Å². The average molecular weight is 261 g/mol. The van der Waals surface area contributed by atoms with E-state index in [1.807, 2.05) is 0 Å². The van der Waals surface area contributed by atoms with E-state index in [1.165, 1.54) is 18.4 Å². The fourth-order valence-corrected chi connectivity index (χ4v) is 2.28. The first-order valence-electron chi connectivity index (χ1n) is 7.39. The highest BCUT2D eigenvalue weighted by molar-refractivity contribution is 5.44. The highest BCUT2D eigenvalue weighted by Crippen LogP contribution is 2.30. The molecule has 1 aliphatic carbocycles. The van der Waals surface area contributed by atoms with E-state index in [4.69, 9.17) is 4.98 Å². The molecular formula is C16H27N3. The van der Waals surface area contributed by atoms with E-state index >= 15 is 0 Å². The lowest BCUT2D eigenvalue weighted by atomic mass is 10.1. The van der Waals surface area contributed by atoms with Crippen LogP contribution in [0.1, 0.15) is 51.8 Å². The summed E-state index contributed by atoms with van der Waals surface area (Å²) >= 11 is 0. The molecule has 19 heavy (non-hydrogen) atoms. The van der Waals surface area contributed by atoms with Gasteiger partial charge in [-0.15, -0.1) is 0 Å². The molecule has 3 nitrogen and oxygen atoms in total. The van der Waals surface area contributed by atoms with Crippen molar-refractivity contribution in [3.8, 4) is 0 Å². The van der Waals surface area contributed by atoms with Crippen LogP contribution in [0.5, 0.6) is 0 Å². The van der Waals surface area contributed by atoms with Gasteiger partial charge in [0, 0.05) is 30.4 Å². The number of aryl methyl sites for hydroxylation is 1. The molecule has 1 fully saturated rings. The maximum atomic E-state index is 4.79. The molecule has 0 saturated heterocycles. The van der Waals surface area contributed by atoms with Gasteiger partial charge in [0.25, 0.3) is 0 Å². The van der Waals surface area contributed by atoms with Crippen molar-refractivity contribution in [3.05, 3.63) is 23.4 Å². The zero-order valence-electron chi connectivity index (χ0n) is 13.0. The summed E-state index contributed by atoms with van der Waals surface area (Å²) in [6.45, 7) is 12.8. The lowest BCUT2D eigenvalue weighted by Crippen LogP contribution is -2.35. The molecule has 0 bridgehead atoms. The van der Waals surface area contributed by atoms with E-state index < -0.39 is 0 Å². The Labute approximate surface area is 117 Å². The van der Waals surface area contributed by atoms with Gasteiger partial charge in [-0.3, -0.25) is 0 Å². The number of aromatic nitrogens is 1. The SMILES string of the molecule is CCN(c1ccc(CNC(C)(C)C)c(C)n1)C1CC1. The van der Waals surface area contributed by atoms with Crippen molar-refractivity contribution in [2.45, 2.75) is 65.6 Å². The first-order chi connectivity index (χ1) is 8.90. The molecule has 0 spiro atoms. The first kappa shape index (κ1) is 14.3. The Hall–Kier alpha value is -1.09. The van der Waals surface area contributed by atoms with Crippen molar-refractivity contribution in [2.75, 3.05) is 11.4 Å². The molecule has 1 heterocycles. The Morgan fingerprint density at radius 2 is 2.00 bits per heavy atom. The van der Waals surface area contributed by atoms with Crippen molar-refractivity contribution < 1.29 is 0 Å². The normalized spacial score (nSPS) is 15.6. The van der Waals surface area contributed by atoms with Gasteiger partial charge >= 0.3 is 0 Å². The van der Waals surface area contributed by atoms with Crippen LogP contribution in [0.4, 0.5) is 5.82 Å². The van der Waals surface area contributed by atoms with Gasteiger partial charge in [0.15, 0.2) is 0 Å². The minimum atomic E-state index is 0.147. The van der Waals surface area contributed by atoms with Crippen LogP contribution >= 0.6 is 0 Å². The first-order valence-corrected chi connectivity index (χ1v) is 7.39. The molecule has 1 saturated carbocycles. The van der Waals surface area contributed by atoms with Crippen molar-refractivity contribution in [1.29, 1.82) is 0 Å². The van der Waals surface area contributed by atoms with Crippen molar-refractivity contribution >= 4 is 5.82 Å². The highest BCUT2D eigenvalue weighted by atomic mass is 15.2. The number of nitrogens with zero attached hydrogens (tertiary/aromatic N) is 2. The standard InChI is InChI=1S/C16H27N3/c1-6-19(14-8-9-14)15-10-7-13(12(2)18-15)11-17-16(3,4)5/h7,10,14,17H,6,8-9,11H2,1-5H3. The summed E-state index contributed by atoms with van der Waals surface area (Å²) in [5.41, 5.74) is 2.59. The molecule has 0 radical (unpaired) electrons. The molecule has 106 valence electrons. The number of nitrogens with one attached hydrogen (secondary N) is 1. The fraction of sp³-hybridized carbons (Fsp3) is 0.688. The Morgan fingerprint density at radius 1 is 1.32 bits per heavy atom. The minimum absolute atomic E-state index is 0.147. The van der Waals surface area contributed by atoms with Crippen LogP contribution in [0.15, 0.2) is 12.1 Å². The third-order valence-corrected chi connectivity index (χ3v) is 3.61. The van der Waals surface area contributed by atoms with Crippen LogP contribution in [-0.2, 0) is 6.54 Å². The summed E-state index contributed by atoms with van der Waals surface area (Å²) in [6.07, 6.45) is 2.64. The van der Waals surface area contributed by atoms with Crippen molar-refractivity contribution in [1.82, 2.24) is 10.3 Å².